The van der Waals surface area contributed by atoms with E-state index in [0.717, 1.165) is 16.9 Å². The van der Waals surface area contributed by atoms with Gasteiger partial charge in [-0.05, 0) is 18.0 Å². The van der Waals surface area contributed by atoms with E-state index in [1.165, 1.54) is 4.88 Å². The number of hydrogen-bond acceptors (Lipinski definition) is 6. The van der Waals surface area contributed by atoms with Crippen LogP contribution in [-0.4, -0.2) is 24.9 Å². The van der Waals surface area contributed by atoms with Crippen LogP contribution in [-0.2, 0) is 13.0 Å². The average Bonchev–Trinajstić information content (AvgIpc) is 3.03. The van der Waals surface area contributed by atoms with Gasteiger partial charge in [-0.3, -0.25) is 0 Å². The van der Waals surface area contributed by atoms with Crippen LogP contribution in [0.25, 0.3) is 11.2 Å². The molecule has 0 spiro atoms. The van der Waals surface area contributed by atoms with E-state index in [9.17, 15) is 0 Å². The standard InChI is InChI=1S/C11H11ClN6S/c1-2-6-3-13-7(19-6)4-14-9-8-10(16-5-15-8)18-11(12)17-9/h3,5H,2,4H2,1H3,(H2,14,15,16,17,18). The van der Waals surface area contributed by atoms with Crippen LogP contribution in [0.15, 0.2) is 12.5 Å². The molecule has 8 heteroatoms. The topological polar surface area (TPSA) is 79.4 Å². The molecule has 19 heavy (non-hydrogen) atoms. The van der Waals surface area contributed by atoms with E-state index in [0.29, 0.717) is 18.0 Å². The van der Waals surface area contributed by atoms with E-state index in [1.54, 1.807) is 17.7 Å². The summed E-state index contributed by atoms with van der Waals surface area (Å²) < 4.78 is 0. The molecule has 0 aliphatic carbocycles. The Labute approximate surface area is 118 Å². The predicted molar refractivity (Wildman–Crippen MR) is 75.5 cm³/mol. The van der Waals surface area contributed by atoms with Crippen LogP contribution in [0.5, 0.6) is 0 Å². The van der Waals surface area contributed by atoms with Crippen LogP contribution in [0.2, 0.25) is 5.28 Å². The maximum atomic E-state index is 5.86. The molecule has 6 nitrogen and oxygen atoms in total. The number of nitrogens with zero attached hydrogens (tertiary/aromatic N) is 4. The Morgan fingerprint density at radius 3 is 3.05 bits per heavy atom. The molecule has 0 saturated heterocycles. The summed E-state index contributed by atoms with van der Waals surface area (Å²) >= 11 is 7.55. The normalized spacial score (nSPS) is 11.1. The summed E-state index contributed by atoms with van der Waals surface area (Å²) in [5.74, 6) is 0.640. The van der Waals surface area contributed by atoms with Gasteiger partial charge in [0.05, 0.1) is 12.9 Å². The Hall–Kier alpha value is -1.73. The summed E-state index contributed by atoms with van der Waals surface area (Å²) in [5, 5.41) is 4.40. The van der Waals surface area contributed by atoms with Gasteiger partial charge in [-0.25, -0.2) is 9.97 Å². The Morgan fingerprint density at radius 1 is 1.37 bits per heavy atom. The van der Waals surface area contributed by atoms with Gasteiger partial charge in [0.2, 0.25) is 5.28 Å². The van der Waals surface area contributed by atoms with Crippen molar-refractivity contribution in [2.24, 2.45) is 0 Å². The highest BCUT2D eigenvalue weighted by atomic mass is 35.5. The zero-order valence-corrected chi connectivity index (χ0v) is 11.7. The number of aryl methyl sites for hydroxylation is 1. The average molecular weight is 295 g/mol. The number of aromatic nitrogens is 5. The molecule has 0 atom stereocenters. The summed E-state index contributed by atoms with van der Waals surface area (Å²) in [6.45, 7) is 2.72. The van der Waals surface area contributed by atoms with Crippen LogP contribution in [0.1, 0.15) is 16.8 Å². The lowest BCUT2D eigenvalue weighted by atomic mass is 10.4. The number of imidazole rings is 1. The van der Waals surface area contributed by atoms with E-state index >= 15 is 0 Å². The number of halogens is 1. The van der Waals surface area contributed by atoms with Gasteiger partial charge in [0.15, 0.2) is 11.5 Å². The van der Waals surface area contributed by atoms with Gasteiger partial charge in [-0.1, -0.05) is 6.92 Å². The van der Waals surface area contributed by atoms with Crippen LogP contribution in [0, 0.1) is 0 Å². The van der Waals surface area contributed by atoms with Gasteiger partial charge in [0.25, 0.3) is 0 Å². The van der Waals surface area contributed by atoms with Crippen LogP contribution in [0.3, 0.4) is 0 Å². The second-order valence-corrected chi connectivity index (χ2v) is 5.41. The van der Waals surface area contributed by atoms with Crippen molar-refractivity contribution < 1.29 is 0 Å². The van der Waals surface area contributed by atoms with Crippen LogP contribution in [0.4, 0.5) is 5.82 Å². The van der Waals surface area contributed by atoms with Gasteiger partial charge in [-0.2, -0.15) is 9.97 Å². The number of H-pyrrole nitrogens is 1. The maximum absolute atomic E-state index is 5.86. The first-order valence-electron chi connectivity index (χ1n) is 5.80. The zero-order chi connectivity index (χ0) is 13.2. The van der Waals surface area contributed by atoms with E-state index in [2.05, 4.69) is 37.2 Å². The van der Waals surface area contributed by atoms with Gasteiger partial charge >= 0.3 is 0 Å². The number of hydrogen-bond donors (Lipinski definition) is 2. The minimum absolute atomic E-state index is 0.176. The molecule has 0 aromatic carbocycles. The van der Waals surface area contributed by atoms with E-state index in [-0.39, 0.29) is 5.28 Å². The fourth-order valence-electron chi connectivity index (χ4n) is 1.69. The number of fused-ring (bicyclic) bond motifs is 1. The molecule has 0 saturated carbocycles. The second kappa shape index (κ2) is 5.10. The fraction of sp³-hybridized carbons (Fsp3) is 0.273. The highest BCUT2D eigenvalue weighted by Gasteiger charge is 2.09. The lowest BCUT2D eigenvalue weighted by Gasteiger charge is -2.04. The van der Waals surface area contributed by atoms with Crippen LogP contribution < -0.4 is 5.32 Å². The van der Waals surface area contributed by atoms with Crippen molar-refractivity contribution in [1.82, 2.24) is 24.9 Å². The molecule has 0 bridgehead atoms. The number of rotatable bonds is 4. The minimum atomic E-state index is 0.176. The van der Waals surface area contributed by atoms with Gasteiger partial charge in [-0.15, -0.1) is 11.3 Å². The Morgan fingerprint density at radius 2 is 2.26 bits per heavy atom. The number of aromatic amines is 1. The lowest BCUT2D eigenvalue weighted by Crippen LogP contribution is -2.02. The molecule has 0 radical (unpaired) electrons. The molecule has 0 aliphatic heterocycles. The number of thiazole rings is 1. The Balaban J connectivity index is 1.83. The zero-order valence-electron chi connectivity index (χ0n) is 10.1. The van der Waals surface area contributed by atoms with Crippen molar-refractivity contribution in [3.8, 4) is 0 Å². The molecule has 98 valence electrons. The smallest absolute Gasteiger partial charge is 0.226 e. The minimum Gasteiger partial charge on any atom is -0.362 e. The van der Waals surface area contributed by atoms with E-state index in [4.69, 9.17) is 11.6 Å². The SMILES string of the molecule is CCc1cnc(CNc2nc(Cl)nc3nc[nH]c23)s1. The second-order valence-electron chi connectivity index (χ2n) is 3.87. The third kappa shape index (κ3) is 2.52. The molecule has 3 heterocycles. The van der Waals surface area contributed by atoms with Gasteiger partial charge in [0.1, 0.15) is 10.5 Å². The van der Waals surface area contributed by atoms with Gasteiger partial charge < -0.3 is 10.3 Å². The first kappa shape index (κ1) is 12.3. The monoisotopic (exact) mass is 294 g/mol. The lowest BCUT2D eigenvalue weighted by molar-refractivity contribution is 1.07. The van der Waals surface area contributed by atoms with Crippen LogP contribution >= 0.6 is 22.9 Å². The van der Waals surface area contributed by atoms with Crippen molar-refractivity contribution in [2.75, 3.05) is 5.32 Å². The highest BCUT2D eigenvalue weighted by Crippen LogP contribution is 2.20. The van der Waals surface area contributed by atoms with Crippen molar-refractivity contribution in [1.29, 1.82) is 0 Å². The quantitative estimate of drug-likeness (QED) is 0.723. The number of nitrogens with one attached hydrogen (secondary N) is 2. The molecule has 0 aliphatic rings. The molecule has 0 unspecified atom stereocenters. The van der Waals surface area contributed by atoms with E-state index in [1.807, 2.05) is 6.20 Å². The third-order valence-corrected chi connectivity index (χ3v) is 3.93. The first-order valence-corrected chi connectivity index (χ1v) is 6.99. The van der Waals surface area contributed by atoms with Crippen molar-refractivity contribution in [3.63, 3.8) is 0 Å². The molecule has 3 rings (SSSR count). The summed E-state index contributed by atoms with van der Waals surface area (Å²) in [7, 11) is 0. The summed E-state index contributed by atoms with van der Waals surface area (Å²) in [4.78, 5) is 20.9. The fourth-order valence-corrected chi connectivity index (χ4v) is 2.65. The summed E-state index contributed by atoms with van der Waals surface area (Å²) in [6, 6.07) is 0. The molecule has 3 aromatic heterocycles. The molecule has 0 amide bonds. The van der Waals surface area contributed by atoms with E-state index < -0.39 is 0 Å². The predicted octanol–water partition coefficient (Wildman–Crippen LogP) is 2.64. The Bertz CT molecular complexity index is 706. The number of anilines is 1. The maximum Gasteiger partial charge on any atom is 0.226 e. The summed E-state index contributed by atoms with van der Waals surface area (Å²) in [6.07, 6.45) is 4.47. The molecule has 0 fully saturated rings. The largest absolute Gasteiger partial charge is 0.362 e. The molecular formula is C11H11ClN6S. The van der Waals surface area contributed by atoms with Gasteiger partial charge in [0, 0.05) is 11.1 Å². The first-order chi connectivity index (χ1) is 9.26. The molecule has 3 aromatic rings. The summed E-state index contributed by atoms with van der Waals surface area (Å²) in [5.41, 5.74) is 1.30. The van der Waals surface area contributed by atoms with Crippen molar-refractivity contribution >= 4 is 39.9 Å². The van der Waals surface area contributed by atoms with Crippen molar-refractivity contribution in [2.45, 2.75) is 19.9 Å². The molecule has 2 N–H and O–H groups in total. The third-order valence-electron chi connectivity index (χ3n) is 2.62. The Kier molecular flexibility index (Phi) is 3.31. The molecular weight excluding hydrogens is 284 g/mol. The van der Waals surface area contributed by atoms with Crippen molar-refractivity contribution in [3.05, 3.63) is 27.7 Å². The highest BCUT2D eigenvalue weighted by molar-refractivity contribution is 7.11.